The maximum atomic E-state index is 12.8. The molecule has 0 saturated heterocycles. The fourth-order valence-electron chi connectivity index (χ4n) is 1.55. The highest BCUT2D eigenvalue weighted by Crippen LogP contribution is 2.38. The van der Waals surface area contributed by atoms with Crippen LogP contribution in [0.5, 0.6) is 0 Å². The second-order valence-corrected chi connectivity index (χ2v) is 5.63. The molecule has 1 aromatic rings. The first-order valence-electron chi connectivity index (χ1n) is 5.58. The summed E-state index contributed by atoms with van der Waals surface area (Å²) in [4.78, 5) is -1.38. The van der Waals surface area contributed by atoms with Gasteiger partial charge in [0.1, 0.15) is 0 Å². The molecule has 0 N–H and O–H groups in total. The van der Waals surface area contributed by atoms with Gasteiger partial charge in [0.2, 0.25) is 0 Å². The third-order valence-electron chi connectivity index (χ3n) is 2.62. The largest absolute Gasteiger partial charge is 0.395 e. The molecule has 0 amide bonds. The average molecular weight is 281 g/mol. The van der Waals surface area contributed by atoms with Gasteiger partial charge in [0, 0.05) is 0 Å². The Balaban J connectivity index is 2.54. The second kappa shape index (κ2) is 5.93. The van der Waals surface area contributed by atoms with Gasteiger partial charge in [-0.1, -0.05) is 30.3 Å². The molecule has 0 aliphatic carbocycles. The van der Waals surface area contributed by atoms with E-state index < -0.39 is 23.6 Å². The number of rotatable bonds is 5. The van der Waals surface area contributed by atoms with Gasteiger partial charge in [0.05, 0.1) is 24.0 Å². The van der Waals surface area contributed by atoms with Gasteiger partial charge in [-0.05, 0) is 19.4 Å². The molecule has 0 spiro atoms. The Morgan fingerprint density at radius 2 is 1.72 bits per heavy atom. The lowest BCUT2D eigenvalue weighted by molar-refractivity contribution is -0.196. The highest BCUT2D eigenvalue weighted by atomic mass is 35.5. The van der Waals surface area contributed by atoms with E-state index in [1.54, 1.807) is 12.1 Å². The maximum Gasteiger partial charge on any atom is 0.395 e. The normalized spacial score (nSPS) is 14.6. The van der Waals surface area contributed by atoms with Crippen molar-refractivity contribution in [1.29, 1.82) is 0 Å². The topological polar surface area (TPSA) is 9.23 Å². The third-order valence-corrected chi connectivity index (χ3v) is 2.88. The lowest BCUT2D eigenvalue weighted by Gasteiger charge is -2.30. The summed E-state index contributed by atoms with van der Waals surface area (Å²) in [6.45, 7) is 2.41. The van der Waals surface area contributed by atoms with Crippen molar-refractivity contribution < 1.29 is 17.9 Å². The van der Waals surface area contributed by atoms with Gasteiger partial charge < -0.3 is 4.74 Å². The van der Waals surface area contributed by atoms with Gasteiger partial charge in [0.15, 0.2) is 0 Å². The van der Waals surface area contributed by atoms with Crippen LogP contribution in [-0.2, 0) is 11.3 Å². The van der Waals surface area contributed by atoms with Crippen molar-refractivity contribution in [2.45, 2.75) is 31.5 Å². The Hall–Kier alpha value is -0.740. The van der Waals surface area contributed by atoms with Gasteiger partial charge in [-0.2, -0.15) is 13.2 Å². The summed E-state index contributed by atoms with van der Waals surface area (Å²) in [5.41, 5.74) is 0.839. The van der Waals surface area contributed by atoms with Crippen LogP contribution in [0.1, 0.15) is 19.4 Å². The number of ether oxygens (including phenoxy) is 1. The number of halogens is 4. The van der Waals surface area contributed by atoms with Crippen LogP contribution in [0.15, 0.2) is 30.3 Å². The van der Waals surface area contributed by atoms with Gasteiger partial charge in [0.25, 0.3) is 0 Å². The molecule has 1 rings (SSSR count). The smallest absolute Gasteiger partial charge is 0.376 e. The van der Waals surface area contributed by atoms with Crippen molar-refractivity contribution in [2.75, 3.05) is 6.61 Å². The van der Waals surface area contributed by atoms with E-state index >= 15 is 0 Å². The molecule has 1 nitrogen and oxygen atoms in total. The van der Waals surface area contributed by atoms with E-state index in [0.717, 1.165) is 5.56 Å². The lowest BCUT2D eigenvalue weighted by Crippen LogP contribution is -2.40. The average Bonchev–Trinajstić information content (AvgIpc) is 2.22. The maximum absolute atomic E-state index is 12.8. The molecule has 1 aromatic carbocycles. The molecule has 0 aliphatic heterocycles. The Kier molecular flexibility index (Phi) is 5.05. The first-order valence-corrected chi connectivity index (χ1v) is 5.96. The molecule has 0 aromatic heterocycles. The van der Waals surface area contributed by atoms with Crippen LogP contribution in [0.4, 0.5) is 13.2 Å². The van der Waals surface area contributed by atoms with Crippen molar-refractivity contribution in [3.63, 3.8) is 0 Å². The van der Waals surface area contributed by atoms with Gasteiger partial charge in [-0.3, -0.25) is 0 Å². The van der Waals surface area contributed by atoms with Gasteiger partial charge in [-0.15, -0.1) is 11.6 Å². The first-order chi connectivity index (χ1) is 8.21. The molecule has 0 bridgehead atoms. The van der Waals surface area contributed by atoms with E-state index in [2.05, 4.69) is 0 Å². The van der Waals surface area contributed by atoms with Crippen LogP contribution in [0.25, 0.3) is 0 Å². The molecule has 1 unspecified atom stereocenters. The van der Waals surface area contributed by atoms with E-state index in [1.165, 1.54) is 13.8 Å². The van der Waals surface area contributed by atoms with Crippen LogP contribution < -0.4 is 0 Å². The fraction of sp³-hybridized carbons (Fsp3) is 0.538. The molecule has 0 radical (unpaired) electrons. The van der Waals surface area contributed by atoms with Crippen molar-refractivity contribution in [3.8, 4) is 0 Å². The molecular weight excluding hydrogens is 265 g/mol. The molecule has 1 atom stereocenters. The van der Waals surface area contributed by atoms with Crippen LogP contribution in [0, 0.1) is 5.92 Å². The van der Waals surface area contributed by atoms with E-state index in [-0.39, 0.29) is 6.61 Å². The Labute approximate surface area is 110 Å². The predicted molar refractivity (Wildman–Crippen MR) is 65.6 cm³/mol. The zero-order valence-corrected chi connectivity index (χ0v) is 11.1. The Morgan fingerprint density at radius 3 is 2.17 bits per heavy atom. The van der Waals surface area contributed by atoms with E-state index in [9.17, 15) is 13.2 Å². The van der Waals surface area contributed by atoms with E-state index in [1.807, 2.05) is 18.2 Å². The summed E-state index contributed by atoms with van der Waals surface area (Å²) in [5, 5.41) is 0. The van der Waals surface area contributed by atoms with Crippen molar-refractivity contribution in [1.82, 2.24) is 0 Å². The van der Waals surface area contributed by atoms with E-state index in [0.29, 0.717) is 0 Å². The molecule has 5 heteroatoms. The lowest BCUT2D eigenvalue weighted by atomic mass is 9.95. The SMILES string of the molecule is CC(C)(Cl)C(COCc1ccccc1)C(F)(F)F. The summed E-state index contributed by atoms with van der Waals surface area (Å²) < 4.78 is 43.5. The number of hydrogen-bond donors (Lipinski definition) is 0. The van der Waals surface area contributed by atoms with Crippen molar-refractivity contribution in [3.05, 3.63) is 35.9 Å². The number of benzene rings is 1. The quantitative estimate of drug-likeness (QED) is 0.727. The summed E-state index contributed by atoms with van der Waals surface area (Å²) >= 11 is 5.77. The minimum Gasteiger partial charge on any atom is -0.376 e. The molecule has 102 valence electrons. The number of alkyl halides is 4. The molecule has 0 fully saturated rings. The first kappa shape index (κ1) is 15.3. The highest BCUT2D eigenvalue weighted by molar-refractivity contribution is 6.23. The second-order valence-electron chi connectivity index (χ2n) is 4.66. The van der Waals surface area contributed by atoms with Crippen molar-refractivity contribution >= 4 is 11.6 Å². The summed E-state index contributed by atoms with van der Waals surface area (Å²) in [6, 6.07) is 9.06. The zero-order chi connectivity index (χ0) is 13.8. The Morgan fingerprint density at radius 1 is 1.17 bits per heavy atom. The standard InChI is InChI=1S/C13H16ClF3O/c1-12(2,14)11(13(15,16)17)9-18-8-10-6-4-3-5-7-10/h3-7,11H,8-9H2,1-2H3. The Bertz CT molecular complexity index is 343. The van der Waals surface area contributed by atoms with Crippen molar-refractivity contribution in [2.24, 2.45) is 5.92 Å². The summed E-state index contributed by atoms with van der Waals surface area (Å²) in [5.74, 6) is -1.68. The van der Waals surface area contributed by atoms with Crippen LogP contribution in [0.3, 0.4) is 0 Å². The summed E-state index contributed by atoms with van der Waals surface area (Å²) in [6.07, 6.45) is -4.36. The molecular formula is C13H16ClF3O. The monoisotopic (exact) mass is 280 g/mol. The van der Waals surface area contributed by atoms with Crippen LogP contribution >= 0.6 is 11.6 Å². The van der Waals surface area contributed by atoms with E-state index in [4.69, 9.17) is 16.3 Å². The molecule has 0 saturated carbocycles. The fourth-order valence-corrected chi connectivity index (χ4v) is 1.74. The summed E-state index contributed by atoms with van der Waals surface area (Å²) in [7, 11) is 0. The predicted octanol–water partition coefficient (Wildman–Crippen LogP) is 4.40. The molecule has 0 aliphatic rings. The minimum atomic E-state index is -4.36. The third kappa shape index (κ3) is 4.86. The van der Waals surface area contributed by atoms with Gasteiger partial charge >= 0.3 is 6.18 Å². The van der Waals surface area contributed by atoms with Gasteiger partial charge in [-0.25, -0.2) is 0 Å². The molecule has 18 heavy (non-hydrogen) atoms. The zero-order valence-electron chi connectivity index (χ0n) is 10.3. The minimum absolute atomic E-state index is 0.153. The highest BCUT2D eigenvalue weighted by Gasteiger charge is 2.48. The van der Waals surface area contributed by atoms with Crippen LogP contribution in [0.2, 0.25) is 0 Å². The molecule has 0 heterocycles. The van der Waals surface area contributed by atoms with Crippen LogP contribution in [-0.4, -0.2) is 17.7 Å². The number of hydrogen-bond acceptors (Lipinski definition) is 1.